The number of carbonyl (C=O) groups excluding carboxylic acids is 1. The van der Waals surface area contributed by atoms with E-state index in [0.29, 0.717) is 16.4 Å². The van der Waals surface area contributed by atoms with Gasteiger partial charge in [-0.1, -0.05) is 45.0 Å². The molecule has 1 fully saturated rings. The number of hydrogen-bond donors (Lipinski definition) is 2. The van der Waals surface area contributed by atoms with Gasteiger partial charge in [0.15, 0.2) is 0 Å². The molecule has 0 atom stereocenters. The van der Waals surface area contributed by atoms with Crippen molar-refractivity contribution in [2.75, 3.05) is 0 Å². The van der Waals surface area contributed by atoms with Gasteiger partial charge < -0.3 is 5.32 Å². The van der Waals surface area contributed by atoms with Crippen LogP contribution in [0.25, 0.3) is 6.08 Å². The molecule has 8 heteroatoms. The lowest BCUT2D eigenvalue weighted by Crippen LogP contribution is -2.18. The number of nitrogens with zero attached hydrogens (tertiary/aromatic N) is 1. The third-order valence-electron chi connectivity index (χ3n) is 4.14. The molecular formula is C20H21N3O3S2. The van der Waals surface area contributed by atoms with Crippen LogP contribution in [0.1, 0.15) is 31.9 Å². The highest BCUT2D eigenvalue weighted by molar-refractivity contribution is 8.18. The van der Waals surface area contributed by atoms with Crippen molar-refractivity contribution in [2.45, 2.75) is 31.1 Å². The molecule has 0 aromatic heterocycles. The standard InChI is InChI=1S/C20H21N3O3S2/c1-20(2,3)14-6-4-13(5-7-14)12-17-18(23-19(24)27-17)22-15-8-10-16(11-9-15)28(21,25)26/h4-12H,1-3H3,(H2,21,25,26)(H,22,23,24)/b17-12-. The summed E-state index contributed by atoms with van der Waals surface area (Å²) in [6, 6.07) is 14.0. The highest BCUT2D eigenvalue weighted by Gasteiger charge is 2.23. The molecule has 2 aromatic rings. The third-order valence-corrected chi connectivity index (χ3v) is 5.88. The van der Waals surface area contributed by atoms with Crippen molar-refractivity contribution in [3.63, 3.8) is 0 Å². The maximum absolute atomic E-state index is 11.8. The van der Waals surface area contributed by atoms with Gasteiger partial charge in [-0.25, -0.2) is 18.5 Å². The van der Waals surface area contributed by atoms with Crippen molar-refractivity contribution >= 4 is 44.6 Å². The van der Waals surface area contributed by atoms with E-state index in [1.807, 2.05) is 18.2 Å². The van der Waals surface area contributed by atoms with Crippen LogP contribution >= 0.6 is 11.8 Å². The molecule has 1 amide bonds. The Morgan fingerprint density at radius 3 is 2.18 bits per heavy atom. The molecule has 0 spiro atoms. The molecule has 0 aliphatic carbocycles. The fourth-order valence-electron chi connectivity index (χ4n) is 2.58. The molecule has 3 N–H and O–H groups in total. The smallest absolute Gasteiger partial charge is 0.289 e. The van der Waals surface area contributed by atoms with Gasteiger partial charge in [0.05, 0.1) is 15.5 Å². The SMILES string of the molecule is CC(C)(C)c1ccc(/C=C2\SC(=O)NC2=Nc2ccc(S(N)(=O)=O)cc2)cc1. The van der Waals surface area contributed by atoms with E-state index in [-0.39, 0.29) is 15.5 Å². The first-order chi connectivity index (χ1) is 13.0. The van der Waals surface area contributed by atoms with E-state index in [1.165, 1.54) is 29.8 Å². The van der Waals surface area contributed by atoms with Crippen LogP contribution < -0.4 is 10.5 Å². The maximum atomic E-state index is 11.8. The Labute approximate surface area is 169 Å². The quantitative estimate of drug-likeness (QED) is 0.786. The molecule has 0 unspecified atom stereocenters. The minimum absolute atomic E-state index is 0.0102. The molecule has 1 heterocycles. The van der Waals surface area contributed by atoms with Gasteiger partial charge in [-0.3, -0.25) is 4.79 Å². The van der Waals surface area contributed by atoms with Gasteiger partial charge in [0.2, 0.25) is 10.0 Å². The summed E-state index contributed by atoms with van der Waals surface area (Å²) in [6.07, 6.45) is 1.90. The van der Waals surface area contributed by atoms with E-state index in [9.17, 15) is 13.2 Å². The van der Waals surface area contributed by atoms with Crippen LogP contribution in [-0.4, -0.2) is 19.5 Å². The number of benzene rings is 2. The number of aliphatic imine (C=N–C) groups is 1. The largest absolute Gasteiger partial charge is 0.300 e. The maximum Gasteiger partial charge on any atom is 0.289 e. The number of carbonyl (C=O) groups is 1. The number of amides is 1. The van der Waals surface area contributed by atoms with Crippen molar-refractivity contribution in [1.29, 1.82) is 0 Å². The minimum Gasteiger partial charge on any atom is -0.300 e. The number of nitrogens with one attached hydrogen (secondary N) is 1. The second-order valence-corrected chi connectivity index (χ2v) is 9.97. The number of rotatable bonds is 3. The summed E-state index contributed by atoms with van der Waals surface area (Å²) < 4.78 is 22.7. The summed E-state index contributed by atoms with van der Waals surface area (Å²) in [5.74, 6) is 0.429. The van der Waals surface area contributed by atoms with Gasteiger partial charge in [-0.05, 0) is 58.6 Å². The molecule has 1 saturated heterocycles. The van der Waals surface area contributed by atoms with Gasteiger partial charge in [-0.2, -0.15) is 0 Å². The number of thioether (sulfide) groups is 1. The van der Waals surface area contributed by atoms with Crippen LogP contribution in [0.2, 0.25) is 0 Å². The van der Waals surface area contributed by atoms with Crippen LogP contribution in [0.4, 0.5) is 10.5 Å². The minimum atomic E-state index is -3.75. The van der Waals surface area contributed by atoms with E-state index < -0.39 is 10.0 Å². The molecule has 146 valence electrons. The Hall–Kier alpha value is -2.42. The van der Waals surface area contributed by atoms with E-state index in [1.54, 1.807) is 0 Å². The summed E-state index contributed by atoms with van der Waals surface area (Å²) in [5.41, 5.74) is 2.77. The highest BCUT2D eigenvalue weighted by Crippen LogP contribution is 2.29. The number of hydrogen-bond acceptors (Lipinski definition) is 5. The molecule has 2 aromatic carbocycles. The topological polar surface area (TPSA) is 102 Å². The molecule has 1 aliphatic rings. The summed E-state index contributed by atoms with van der Waals surface area (Å²) in [7, 11) is -3.75. The van der Waals surface area contributed by atoms with Crippen LogP contribution in [0.5, 0.6) is 0 Å². The summed E-state index contributed by atoms with van der Waals surface area (Å²) in [6.45, 7) is 6.46. The molecular weight excluding hydrogens is 394 g/mol. The van der Waals surface area contributed by atoms with Crippen LogP contribution in [0.15, 0.2) is 63.3 Å². The first kappa shape index (κ1) is 20.3. The van der Waals surface area contributed by atoms with E-state index >= 15 is 0 Å². The molecule has 0 radical (unpaired) electrons. The Bertz CT molecular complexity index is 1060. The molecule has 1 aliphatic heterocycles. The Balaban J connectivity index is 1.89. The van der Waals surface area contributed by atoms with Crippen molar-refractivity contribution < 1.29 is 13.2 Å². The highest BCUT2D eigenvalue weighted by atomic mass is 32.2. The normalized spacial score (nSPS) is 17.9. The summed E-state index contributed by atoms with van der Waals surface area (Å²) >= 11 is 1.07. The van der Waals surface area contributed by atoms with Crippen molar-refractivity contribution in [1.82, 2.24) is 5.32 Å². The van der Waals surface area contributed by atoms with Crippen LogP contribution in [0, 0.1) is 0 Å². The predicted molar refractivity (Wildman–Crippen MR) is 114 cm³/mol. The zero-order valence-corrected chi connectivity index (χ0v) is 17.4. The second kappa shape index (κ2) is 7.54. The molecule has 0 saturated carbocycles. The van der Waals surface area contributed by atoms with E-state index in [2.05, 4.69) is 43.2 Å². The molecule has 6 nitrogen and oxygen atoms in total. The lowest BCUT2D eigenvalue weighted by Gasteiger charge is -2.18. The monoisotopic (exact) mass is 415 g/mol. The Kier molecular flexibility index (Phi) is 5.47. The van der Waals surface area contributed by atoms with Crippen molar-refractivity contribution in [3.8, 4) is 0 Å². The number of sulfonamides is 1. The summed E-state index contributed by atoms with van der Waals surface area (Å²) in [5, 5.41) is 7.61. The fourth-order valence-corrected chi connectivity index (χ4v) is 3.83. The number of nitrogens with two attached hydrogens (primary N) is 1. The zero-order chi connectivity index (χ0) is 20.5. The van der Waals surface area contributed by atoms with Gasteiger partial charge in [-0.15, -0.1) is 0 Å². The first-order valence-electron chi connectivity index (χ1n) is 8.55. The lowest BCUT2D eigenvalue weighted by atomic mass is 9.87. The number of amidine groups is 1. The van der Waals surface area contributed by atoms with Gasteiger partial charge in [0, 0.05) is 0 Å². The second-order valence-electron chi connectivity index (χ2n) is 7.39. The number of primary sulfonamides is 1. The van der Waals surface area contributed by atoms with Gasteiger partial charge >= 0.3 is 0 Å². The molecule has 28 heavy (non-hydrogen) atoms. The van der Waals surface area contributed by atoms with Crippen molar-refractivity contribution in [3.05, 3.63) is 64.6 Å². The summed E-state index contributed by atoms with van der Waals surface area (Å²) in [4.78, 5) is 17.0. The fraction of sp³-hybridized carbons (Fsp3) is 0.200. The average Bonchev–Trinajstić information content (AvgIpc) is 2.93. The zero-order valence-electron chi connectivity index (χ0n) is 15.8. The predicted octanol–water partition coefficient (Wildman–Crippen LogP) is 4.16. The first-order valence-corrected chi connectivity index (χ1v) is 10.9. The van der Waals surface area contributed by atoms with Crippen molar-refractivity contribution in [2.24, 2.45) is 10.1 Å². The van der Waals surface area contributed by atoms with E-state index in [0.717, 1.165) is 17.3 Å². The van der Waals surface area contributed by atoms with Gasteiger partial charge in [0.1, 0.15) is 5.84 Å². The van der Waals surface area contributed by atoms with Gasteiger partial charge in [0.25, 0.3) is 5.24 Å². The average molecular weight is 416 g/mol. The van der Waals surface area contributed by atoms with Crippen LogP contribution in [0.3, 0.4) is 0 Å². The lowest BCUT2D eigenvalue weighted by molar-refractivity contribution is 0.265. The Morgan fingerprint density at radius 1 is 1.04 bits per heavy atom. The Morgan fingerprint density at radius 2 is 1.64 bits per heavy atom. The third kappa shape index (κ3) is 4.89. The van der Waals surface area contributed by atoms with Crippen LogP contribution in [-0.2, 0) is 15.4 Å². The molecule has 0 bridgehead atoms. The molecule has 3 rings (SSSR count). The van der Waals surface area contributed by atoms with E-state index in [4.69, 9.17) is 5.14 Å².